The van der Waals surface area contributed by atoms with E-state index < -0.39 is 0 Å². The number of hydrogen-bond donors (Lipinski definition) is 0. The lowest BCUT2D eigenvalue weighted by Crippen LogP contribution is -2.57. The van der Waals surface area contributed by atoms with Gasteiger partial charge in [0, 0.05) is 5.56 Å². The van der Waals surface area contributed by atoms with E-state index in [0.29, 0.717) is 36.3 Å². The van der Waals surface area contributed by atoms with Gasteiger partial charge >= 0.3 is 0 Å². The fraction of sp³-hybridized carbons (Fsp3) is 0.192. The summed E-state index contributed by atoms with van der Waals surface area (Å²) in [5.74, 6) is 2.19. The molecular formula is C26H23N3O4. The molecule has 1 amide bonds. The molecule has 7 heteroatoms. The van der Waals surface area contributed by atoms with Gasteiger partial charge in [0.15, 0.2) is 6.61 Å². The summed E-state index contributed by atoms with van der Waals surface area (Å²) in [5, 5.41) is 4.09. The van der Waals surface area contributed by atoms with Gasteiger partial charge in [-0.2, -0.15) is 4.98 Å². The van der Waals surface area contributed by atoms with Crippen LogP contribution in [0.25, 0.3) is 22.8 Å². The van der Waals surface area contributed by atoms with Crippen molar-refractivity contribution in [1.29, 1.82) is 0 Å². The smallest absolute Gasteiger partial charge is 0.262 e. The lowest BCUT2D eigenvalue weighted by molar-refractivity contribution is -0.142. The molecule has 5 rings (SSSR count). The molecule has 0 spiro atoms. The monoisotopic (exact) mass is 441 g/mol. The van der Waals surface area contributed by atoms with E-state index in [9.17, 15) is 4.79 Å². The van der Waals surface area contributed by atoms with Gasteiger partial charge in [-0.1, -0.05) is 65.3 Å². The molecular weight excluding hydrogens is 418 g/mol. The van der Waals surface area contributed by atoms with Crippen LogP contribution in [0.1, 0.15) is 5.56 Å². The Morgan fingerprint density at radius 2 is 1.73 bits per heavy atom. The summed E-state index contributed by atoms with van der Waals surface area (Å²) in [5.41, 5.74) is 2.75. The second-order valence-electron chi connectivity index (χ2n) is 7.93. The largest absolute Gasteiger partial charge is 0.486 e. The van der Waals surface area contributed by atoms with E-state index in [1.807, 2.05) is 85.8 Å². The van der Waals surface area contributed by atoms with Crippen LogP contribution in [-0.2, 0) is 4.79 Å². The molecule has 1 aromatic heterocycles. The van der Waals surface area contributed by atoms with Crippen molar-refractivity contribution in [2.45, 2.75) is 13.0 Å². The molecule has 0 aliphatic carbocycles. The standard InChI is InChI=1S/C26H23N3O4/c1-18-11-13-20(14-12-18)31-17-24(30)29-15-21(16-29)32-23-10-6-5-9-22(23)26-27-25(28-33-26)19-7-3-2-4-8-19/h2-14,21H,15-17H2,1H3. The number of ether oxygens (including phenoxy) is 2. The average Bonchev–Trinajstić information content (AvgIpc) is 3.31. The lowest BCUT2D eigenvalue weighted by atomic mass is 10.1. The second-order valence-corrected chi connectivity index (χ2v) is 7.93. The molecule has 2 heterocycles. The molecule has 0 atom stereocenters. The van der Waals surface area contributed by atoms with E-state index in [1.165, 1.54) is 0 Å². The maximum Gasteiger partial charge on any atom is 0.262 e. The molecule has 1 aliphatic rings. The van der Waals surface area contributed by atoms with Crippen molar-refractivity contribution in [2.75, 3.05) is 19.7 Å². The van der Waals surface area contributed by atoms with Crippen LogP contribution in [0.4, 0.5) is 0 Å². The highest BCUT2D eigenvalue weighted by Crippen LogP contribution is 2.32. The topological polar surface area (TPSA) is 77.7 Å². The van der Waals surface area contributed by atoms with Crippen molar-refractivity contribution in [3.63, 3.8) is 0 Å². The molecule has 33 heavy (non-hydrogen) atoms. The Morgan fingerprint density at radius 1 is 1.00 bits per heavy atom. The van der Waals surface area contributed by atoms with Gasteiger partial charge in [0.25, 0.3) is 11.8 Å². The van der Waals surface area contributed by atoms with Crippen LogP contribution < -0.4 is 9.47 Å². The van der Waals surface area contributed by atoms with Crippen LogP contribution in [0.3, 0.4) is 0 Å². The molecule has 1 saturated heterocycles. The van der Waals surface area contributed by atoms with Crippen LogP contribution in [0.5, 0.6) is 11.5 Å². The molecule has 0 saturated carbocycles. The lowest BCUT2D eigenvalue weighted by Gasteiger charge is -2.39. The molecule has 0 unspecified atom stereocenters. The molecule has 3 aromatic carbocycles. The Morgan fingerprint density at radius 3 is 2.52 bits per heavy atom. The zero-order chi connectivity index (χ0) is 22.6. The highest BCUT2D eigenvalue weighted by Gasteiger charge is 2.33. The maximum atomic E-state index is 12.4. The third-order valence-corrected chi connectivity index (χ3v) is 5.45. The number of para-hydroxylation sites is 1. The van der Waals surface area contributed by atoms with Crippen molar-refractivity contribution in [3.05, 3.63) is 84.4 Å². The van der Waals surface area contributed by atoms with Gasteiger partial charge < -0.3 is 18.9 Å². The fourth-order valence-corrected chi connectivity index (χ4v) is 3.55. The highest BCUT2D eigenvalue weighted by molar-refractivity contribution is 5.78. The van der Waals surface area contributed by atoms with Crippen molar-refractivity contribution >= 4 is 5.91 Å². The van der Waals surface area contributed by atoms with Crippen molar-refractivity contribution in [3.8, 4) is 34.3 Å². The first-order chi connectivity index (χ1) is 16.2. The third kappa shape index (κ3) is 4.72. The van der Waals surface area contributed by atoms with Crippen LogP contribution in [0, 0.1) is 6.92 Å². The number of aryl methyl sites for hydroxylation is 1. The SMILES string of the molecule is Cc1ccc(OCC(=O)N2CC(Oc3ccccc3-c3nc(-c4ccccc4)no3)C2)cc1. The zero-order valence-corrected chi connectivity index (χ0v) is 18.2. The number of nitrogens with zero attached hydrogens (tertiary/aromatic N) is 3. The normalized spacial score (nSPS) is 13.4. The number of rotatable bonds is 7. The van der Waals surface area contributed by atoms with Crippen molar-refractivity contribution in [1.82, 2.24) is 15.0 Å². The summed E-state index contributed by atoms with van der Waals surface area (Å²) in [6.45, 7) is 3.03. The molecule has 4 aromatic rings. The zero-order valence-electron chi connectivity index (χ0n) is 18.2. The molecule has 166 valence electrons. The first-order valence-corrected chi connectivity index (χ1v) is 10.8. The summed E-state index contributed by atoms with van der Waals surface area (Å²) >= 11 is 0. The Bertz CT molecular complexity index is 1230. The fourth-order valence-electron chi connectivity index (χ4n) is 3.55. The van der Waals surface area contributed by atoms with E-state index in [0.717, 1.165) is 16.7 Å². The summed E-state index contributed by atoms with van der Waals surface area (Å²) < 4.78 is 17.2. The van der Waals surface area contributed by atoms with Crippen molar-refractivity contribution < 1.29 is 18.8 Å². The van der Waals surface area contributed by atoms with Crippen LogP contribution in [0.15, 0.2) is 83.4 Å². The minimum Gasteiger partial charge on any atom is -0.486 e. The van der Waals surface area contributed by atoms with Gasteiger partial charge in [-0.25, -0.2) is 0 Å². The Kier molecular flexibility index (Phi) is 5.76. The predicted molar refractivity (Wildman–Crippen MR) is 123 cm³/mol. The van der Waals surface area contributed by atoms with Gasteiger partial charge in [0.05, 0.1) is 18.7 Å². The Balaban J connectivity index is 1.18. The number of aromatic nitrogens is 2. The molecule has 0 bridgehead atoms. The molecule has 0 radical (unpaired) electrons. The number of benzene rings is 3. The van der Waals surface area contributed by atoms with E-state index in [-0.39, 0.29) is 18.6 Å². The first-order valence-electron chi connectivity index (χ1n) is 10.8. The van der Waals surface area contributed by atoms with E-state index in [1.54, 1.807) is 4.90 Å². The maximum absolute atomic E-state index is 12.4. The van der Waals surface area contributed by atoms with Crippen LogP contribution in [0.2, 0.25) is 0 Å². The number of likely N-dealkylation sites (tertiary alicyclic amines) is 1. The second kappa shape index (κ2) is 9.16. The Hall–Kier alpha value is -4.13. The van der Waals surface area contributed by atoms with E-state index >= 15 is 0 Å². The van der Waals surface area contributed by atoms with Gasteiger partial charge in [-0.15, -0.1) is 0 Å². The Labute approximate surface area is 191 Å². The summed E-state index contributed by atoms with van der Waals surface area (Å²) in [4.78, 5) is 18.7. The minimum atomic E-state index is -0.106. The molecule has 0 N–H and O–H groups in total. The quantitative estimate of drug-likeness (QED) is 0.424. The molecule has 1 fully saturated rings. The van der Waals surface area contributed by atoms with Gasteiger partial charge in [-0.05, 0) is 31.2 Å². The number of carbonyl (C=O) groups excluding carboxylic acids is 1. The minimum absolute atomic E-state index is 0.0105. The molecule has 1 aliphatic heterocycles. The average molecular weight is 441 g/mol. The number of amides is 1. The predicted octanol–water partition coefficient (Wildman–Crippen LogP) is 4.38. The molecule has 7 nitrogen and oxygen atoms in total. The van der Waals surface area contributed by atoms with Crippen LogP contribution >= 0.6 is 0 Å². The van der Waals surface area contributed by atoms with E-state index in [4.69, 9.17) is 14.0 Å². The summed E-state index contributed by atoms with van der Waals surface area (Å²) in [6, 6.07) is 24.8. The number of carbonyl (C=O) groups is 1. The summed E-state index contributed by atoms with van der Waals surface area (Å²) in [6.07, 6.45) is -0.106. The van der Waals surface area contributed by atoms with Crippen molar-refractivity contribution in [2.24, 2.45) is 0 Å². The van der Waals surface area contributed by atoms with Gasteiger partial charge in [0.1, 0.15) is 17.6 Å². The highest BCUT2D eigenvalue weighted by atomic mass is 16.5. The van der Waals surface area contributed by atoms with Gasteiger partial charge in [-0.3, -0.25) is 4.79 Å². The van der Waals surface area contributed by atoms with E-state index in [2.05, 4.69) is 10.1 Å². The third-order valence-electron chi connectivity index (χ3n) is 5.45. The first kappa shape index (κ1) is 20.8. The summed E-state index contributed by atoms with van der Waals surface area (Å²) in [7, 11) is 0. The van der Waals surface area contributed by atoms with Crippen LogP contribution in [-0.4, -0.2) is 46.7 Å². The van der Waals surface area contributed by atoms with Gasteiger partial charge in [0.2, 0.25) is 5.82 Å². The number of hydrogen-bond acceptors (Lipinski definition) is 6.